The molecule has 20 heavy (non-hydrogen) atoms. The molecule has 107 valence electrons. The van der Waals surface area contributed by atoms with Gasteiger partial charge in [-0.1, -0.05) is 23.9 Å². The largest absolute Gasteiger partial charge is 0.813 e. The predicted octanol–water partition coefficient (Wildman–Crippen LogP) is 3.76. The van der Waals surface area contributed by atoms with Crippen LogP contribution in [0.15, 0.2) is 30.6 Å². The van der Waals surface area contributed by atoms with Crippen LogP contribution >= 0.6 is 11.6 Å². The van der Waals surface area contributed by atoms with Gasteiger partial charge in [-0.3, -0.25) is 0 Å². The summed E-state index contributed by atoms with van der Waals surface area (Å²) in [6.45, 7) is 6.73. The van der Waals surface area contributed by atoms with Crippen LogP contribution in [0.3, 0.4) is 0 Å². The zero-order chi connectivity index (χ0) is 13.5. The van der Waals surface area contributed by atoms with Crippen LogP contribution in [0.5, 0.6) is 0 Å². The first kappa shape index (κ1) is 22.1. The van der Waals surface area contributed by atoms with Crippen LogP contribution in [0, 0.1) is 19.6 Å². The monoisotopic (exact) mass is 386 g/mol. The third-order valence-corrected chi connectivity index (χ3v) is 2.51. The summed E-state index contributed by atoms with van der Waals surface area (Å²) in [5.41, 5.74) is 4.13. The molecular weight excluding hydrogens is 374 g/mol. The summed E-state index contributed by atoms with van der Waals surface area (Å²) in [6, 6.07) is 8.67. The number of fused-ring (bicyclic) bond motifs is 1. The Morgan fingerprint density at radius 1 is 1.50 bits per heavy atom. The number of aryl methyl sites for hydroxylation is 1. The van der Waals surface area contributed by atoms with Crippen molar-refractivity contribution in [2.45, 2.75) is 6.92 Å². The van der Waals surface area contributed by atoms with Crippen molar-refractivity contribution in [2.24, 2.45) is 0 Å². The van der Waals surface area contributed by atoms with Crippen molar-refractivity contribution in [3.63, 3.8) is 0 Å². The Bertz CT molecular complexity index is 501. The molecule has 0 aliphatic heterocycles. The number of rotatable bonds is 2. The minimum Gasteiger partial charge on any atom is -0.813 e. The first-order valence-electron chi connectivity index (χ1n) is 5.11. The summed E-state index contributed by atoms with van der Waals surface area (Å²) < 4.78 is 10.8. The third-order valence-electron chi connectivity index (χ3n) is 2.18. The summed E-state index contributed by atoms with van der Waals surface area (Å²) in [4.78, 5) is 4.23. The molecular formula is C13H13ClFN3SY-4. The summed E-state index contributed by atoms with van der Waals surface area (Å²) in [5.74, 6) is 0. The molecule has 0 unspecified atom stereocenters. The van der Waals surface area contributed by atoms with E-state index in [9.17, 15) is 4.48 Å². The minimum atomic E-state index is 0. The van der Waals surface area contributed by atoms with Crippen LogP contribution in [-0.2, 0) is 46.2 Å². The van der Waals surface area contributed by atoms with Gasteiger partial charge in [0.25, 0.3) is 0 Å². The average Bonchev–Trinajstić information content (AvgIpc) is 2.40. The van der Waals surface area contributed by atoms with E-state index < -0.39 is 0 Å². The summed E-state index contributed by atoms with van der Waals surface area (Å²) >= 11 is 5.98. The quantitative estimate of drug-likeness (QED) is 0.341. The molecule has 0 atom stereocenters. The van der Waals surface area contributed by atoms with E-state index in [-0.39, 0.29) is 46.2 Å². The van der Waals surface area contributed by atoms with Gasteiger partial charge in [-0.25, -0.2) is 6.20 Å². The molecule has 0 spiro atoms. The van der Waals surface area contributed by atoms with Gasteiger partial charge in [0.15, 0.2) is 0 Å². The fourth-order valence-electron chi connectivity index (χ4n) is 1.25. The zero-order valence-corrected chi connectivity index (χ0v) is 15.6. The van der Waals surface area contributed by atoms with Crippen LogP contribution in [0.1, 0.15) is 5.56 Å². The second-order valence-corrected chi connectivity index (χ2v) is 3.86. The van der Waals surface area contributed by atoms with Crippen LogP contribution in [-0.4, -0.2) is 17.0 Å². The van der Waals surface area contributed by atoms with E-state index in [4.69, 9.17) is 18.2 Å². The SMILES string of the molecule is Cc1[c-]ccc2c(Cl)ccnc12.[CH-]=CN(C)[N-]F.[SH-].[Y]. The van der Waals surface area contributed by atoms with Gasteiger partial charge in [0, 0.05) is 43.9 Å². The minimum absolute atomic E-state index is 0. The van der Waals surface area contributed by atoms with Gasteiger partial charge < -0.3 is 40.2 Å². The first-order valence-corrected chi connectivity index (χ1v) is 5.49. The van der Waals surface area contributed by atoms with Crippen LogP contribution in [0.4, 0.5) is 4.48 Å². The number of benzene rings is 1. The number of halogens is 2. The Morgan fingerprint density at radius 3 is 2.60 bits per heavy atom. The standard InChI is InChI=1S/C10H7ClN.C3H5FN2.H2S.Y/c1-7-3-2-4-8-9(11)5-6-12-10(7)8;1-3-6(2)5-4;;/h2,4-6H,1H3;1,3H,2H3;1H2;/q-1;-2;;/p-1. The molecule has 0 aliphatic rings. The Morgan fingerprint density at radius 2 is 2.15 bits per heavy atom. The maximum absolute atomic E-state index is 10.8. The summed E-state index contributed by atoms with van der Waals surface area (Å²) in [7, 11) is 1.39. The maximum atomic E-state index is 10.8. The van der Waals surface area contributed by atoms with Gasteiger partial charge in [-0.15, -0.1) is 5.56 Å². The molecule has 0 aliphatic carbocycles. The van der Waals surface area contributed by atoms with E-state index in [0.29, 0.717) is 0 Å². The first-order chi connectivity index (χ1) is 8.60. The van der Waals surface area contributed by atoms with Crippen molar-refractivity contribution < 1.29 is 37.2 Å². The maximum Gasteiger partial charge on any atom is 0.0272 e. The van der Waals surface area contributed by atoms with Gasteiger partial charge in [0.2, 0.25) is 0 Å². The van der Waals surface area contributed by atoms with E-state index in [0.717, 1.165) is 32.7 Å². The Balaban J connectivity index is 0. The number of thiol groups is 1. The van der Waals surface area contributed by atoms with Crippen LogP contribution < -0.4 is 0 Å². The molecule has 1 aromatic heterocycles. The molecule has 0 amide bonds. The second-order valence-electron chi connectivity index (χ2n) is 3.46. The molecule has 0 fully saturated rings. The van der Waals surface area contributed by atoms with E-state index in [1.54, 1.807) is 12.3 Å². The van der Waals surface area contributed by atoms with E-state index in [2.05, 4.69) is 16.7 Å². The smallest absolute Gasteiger partial charge is 0.0272 e. The second kappa shape index (κ2) is 11.5. The molecule has 1 heterocycles. The van der Waals surface area contributed by atoms with Crippen LogP contribution in [0.2, 0.25) is 5.02 Å². The van der Waals surface area contributed by atoms with E-state index in [1.165, 1.54) is 7.05 Å². The fourth-order valence-corrected chi connectivity index (χ4v) is 1.46. The summed E-state index contributed by atoms with van der Waals surface area (Å²) in [6.07, 6.45) is 2.73. The number of aromatic nitrogens is 1. The molecule has 0 bridgehead atoms. The van der Waals surface area contributed by atoms with E-state index in [1.807, 2.05) is 19.1 Å². The normalized spacial score (nSPS) is 8.60. The molecule has 2 rings (SSSR count). The molecule has 0 saturated heterocycles. The van der Waals surface area contributed by atoms with Gasteiger partial charge in [0.1, 0.15) is 0 Å². The molecule has 1 radical (unpaired) electrons. The van der Waals surface area contributed by atoms with Crippen molar-refractivity contribution in [1.29, 1.82) is 0 Å². The zero-order valence-electron chi connectivity index (χ0n) is 11.1. The van der Waals surface area contributed by atoms with E-state index >= 15 is 0 Å². The average molecular weight is 387 g/mol. The number of hydrogen-bond acceptors (Lipinski definition) is 3. The summed E-state index contributed by atoms with van der Waals surface area (Å²) in [5, 5.41) is 2.60. The molecule has 2 aromatic rings. The fraction of sp³-hybridized carbons (Fsp3) is 0.154. The number of hydrogen-bond donors (Lipinski definition) is 0. The van der Waals surface area contributed by atoms with Crippen molar-refractivity contribution in [3.05, 3.63) is 59.5 Å². The van der Waals surface area contributed by atoms with Gasteiger partial charge in [-0.05, 0) is 18.6 Å². The van der Waals surface area contributed by atoms with Gasteiger partial charge in [0.05, 0.1) is 0 Å². The molecule has 1 aromatic carbocycles. The molecule has 0 N–H and O–H groups in total. The van der Waals surface area contributed by atoms with Crippen LogP contribution in [0.25, 0.3) is 16.6 Å². The van der Waals surface area contributed by atoms with Crippen molar-refractivity contribution in [3.8, 4) is 0 Å². The van der Waals surface area contributed by atoms with Gasteiger partial charge >= 0.3 is 0 Å². The van der Waals surface area contributed by atoms with Crippen molar-refractivity contribution >= 4 is 36.0 Å². The Labute approximate surface area is 155 Å². The predicted molar refractivity (Wildman–Crippen MR) is 80.2 cm³/mol. The Hall–Kier alpha value is -0.196. The number of nitrogens with zero attached hydrogens (tertiary/aromatic N) is 3. The molecule has 7 heteroatoms. The molecule has 0 saturated carbocycles. The number of pyridine rings is 1. The van der Waals surface area contributed by atoms with Crippen molar-refractivity contribution in [2.75, 3.05) is 7.05 Å². The van der Waals surface area contributed by atoms with Crippen molar-refractivity contribution in [1.82, 2.24) is 9.99 Å². The third kappa shape index (κ3) is 6.50. The Kier molecular flexibility index (Phi) is 12.7. The molecule has 3 nitrogen and oxygen atoms in total. The topological polar surface area (TPSA) is 30.2 Å². The van der Waals surface area contributed by atoms with Gasteiger partial charge in [-0.2, -0.15) is 18.2 Å².